The van der Waals surface area contributed by atoms with Gasteiger partial charge in [0.25, 0.3) is 0 Å². The molecule has 2 rings (SSSR count). The SMILES string of the molecule is Cc1c(CN[C@H]2CCCC[C@H]2C(F)(F)F)cc(C#N)n1C. The predicted octanol–water partition coefficient (Wildman–Crippen LogP) is 3.42. The zero-order chi connectivity index (χ0) is 15.6. The second-order valence-electron chi connectivity index (χ2n) is 5.73. The van der Waals surface area contributed by atoms with Crippen molar-refractivity contribution in [1.82, 2.24) is 9.88 Å². The summed E-state index contributed by atoms with van der Waals surface area (Å²) in [6.07, 6.45) is -1.89. The zero-order valence-corrected chi connectivity index (χ0v) is 12.3. The van der Waals surface area contributed by atoms with E-state index >= 15 is 0 Å². The first-order valence-corrected chi connectivity index (χ1v) is 7.20. The number of nitriles is 1. The highest BCUT2D eigenvalue weighted by Crippen LogP contribution is 2.37. The predicted molar refractivity (Wildman–Crippen MR) is 73.5 cm³/mol. The fourth-order valence-electron chi connectivity index (χ4n) is 3.06. The topological polar surface area (TPSA) is 40.8 Å². The summed E-state index contributed by atoms with van der Waals surface area (Å²) in [6, 6.07) is 3.30. The Morgan fingerprint density at radius 2 is 2.05 bits per heavy atom. The second-order valence-corrected chi connectivity index (χ2v) is 5.73. The van der Waals surface area contributed by atoms with Gasteiger partial charge in [0.15, 0.2) is 0 Å². The van der Waals surface area contributed by atoms with Gasteiger partial charge in [-0.3, -0.25) is 0 Å². The van der Waals surface area contributed by atoms with Crippen molar-refractivity contribution in [2.75, 3.05) is 0 Å². The largest absolute Gasteiger partial charge is 0.393 e. The molecule has 1 heterocycles. The third kappa shape index (κ3) is 3.41. The maximum Gasteiger partial charge on any atom is 0.393 e. The minimum Gasteiger partial charge on any atom is -0.340 e. The van der Waals surface area contributed by atoms with Crippen LogP contribution in [0.3, 0.4) is 0 Å². The van der Waals surface area contributed by atoms with Crippen molar-refractivity contribution in [1.29, 1.82) is 5.26 Å². The van der Waals surface area contributed by atoms with E-state index in [0.29, 0.717) is 25.1 Å². The molecule has 0 radical (unpaired) electrons. The number of nitrogens with one attached hydrogen (secondary N) is 1. The average molecular weight is 299 g/mol. The lowest BCUT2D eigenvalue weighted by atomic mass is 9.84. The van der Waals surface area contributed by atoms with Gasteiger partial charge in [0.1, 0.15) is 11.8 Å². The van der Waals surface area contributed by atoms with E-state index in [2.05, 4.69) is 11.4 Å². The quantitative estimate of drug-likeness (QED) is 0.929. The molecule has 0 spiro atoms. The van der Waals surface area contributed by atoms with Crippen molar-refractivity contribution in [3.63, 3.8) is 0 Å². The van der Waals surface area contributed by atoms with E-state index in [1.165, 1.54) is 0 Å². The Bertz CT molecular complexity index is 540. The molecule has 1 aromatic rings. The van der Waals surface area contributed by atoms with Gasteiger partial charge in [0.05, 0.1) is 5.92 Å². The van der Waals surface area contributed by atoms with E-state index in [9.17, 15) is 13.2 Å². The second kappa shape index (κ2) is 6.10. The lowest BCUT2D eigenvalue weighted by Crippen LogP contribution is -2.45. The molecule has 0 aromatic carbocycles. The monoisotopic (exact) mass is 299 g/mol. The van der Waals surface area contributed by atoms with Crippen LogP contribution in [0.5, 0.6) is 0 Å². The molecule has 0 aliphatic heterocycles. The number of nitrogens with zero attached hydrogens (tertiary/aromatic N) is 2. The Morgan fingerprint density at radius 1 is 1.38 bits per heavy atom. The van der Waals surface area contributed by atoms with E-state index in [0.717, 1.165) is 17.7 Å². The Morgan fingerprint density at radius 3 is 2.62 bits per heavy atom. The Hall–Kier alpha value is -1.48. The standard InChI is InChI=1S/C15H20F3N3/c1-10-11(7-12(8-19)21(10)2)9-20-14-6-4-3-5-13(14)15(16,17)18/h7,13-14,20H,3-6,9H2,1-2H3/t13-,14+/m1/s1. The minimum absolute atomic E-state index is 0.207. The van der Waals surface area contributed by atoms with Crippen LogP contribution in [0.1, 0.15) is 42.6 Å². The molecule has 1 fully saturated rings. The maximum absolute atomic E-state index is 13.0. The van der Waals surface area contributed by atoms with Crippen LogP contribution in [0.25, 0.3) is 0 Å². The summed E-state index contributed by atoms with van der Waals surface area (Å²) in [5, 5.41) is 12.0. The van der Waals surface area contributed by atoms with Crippen molar-refractivity contribution >= 4 is 0 Å². The van der Waals surface area contributed by atoms with Crippen LogP contribution in [0.15, 0.2) is 6.07 Å². The summed E-state index contributed by atoms with van der Waals surface area (Å²) in [4.78, 5) is 0. The van der Waals surface area contributed by atoms with Gasteiger partial charge in [-0.25, -0.2) is 0 Å². The molecule has 116 valence electrons. The number of hydrogen-bond acceptors (Lipinski definition) is 2. The molecule has 1 N–H and O–H groups in total. The van der Waals surface area contributed by atoms with Gasteiger partial charge in [-0.15, -0.1) is 0 Å². The summed E-state index contributed by atoms with van der Waals surface area (Å²) in [7, 11) is 1.79. The van der Waals surface area contributed by atoms with Gasteiger partial charge in [0.2, 0.25) is 0 Å². The van der Waals surface area contributed by atoms with Crippen molar-refractivity contribution in [3.05, 3.63) is 23.0 Å². The van der Waals surface area contributed by atoms with Crippen molar-refractivity contribution in [2.24, 2.45) is 13.0 Å². The van der Waals surface area contributed by atoms with Crippen molar-refractivity contribution in [3.8, 4) is 6.07 Å². The smallest absolute Gasteiger partial charge is 0.340 e. The molecule has 21 heavy (non-hydrogen) atoms. The van der Waals surface area contributed by atoms with Crippen LogP contribution >= 0.6 is 0 Å². The molecular weight excluding hydrogens is 279 g/mol. The molecule has 0 saturated heterocycles. The molecule has 0 bridgehead atoms. The van der Waals surface area contributed by atoms with E-state index in [1.807, 2.05) is 6.92 Å². The zero-order valence-electron chi connectivity index (χ0n) is 12.3. The minimum atomic E-state index is -4.14. The van der Waals surface area contributed by atoms with E-state index in [-0.39, 0.29) is 6.42 Å². The summed E-state index contributed by atoms with van der Waals surface area (Å²) in [5.41, 5.74) is 2.33. The van der Waals surface area contributed by atoms with E-state index in [4.69, 9.17) is 5.26 Å². The Balaban J connectivity index is 2.06. The van der Waals surface area contributed by atoms with Gasteiger partial charge in [-0.2, -0.15) is 18.4 Å². The molecular formula is C15H20F3N3. The molecule has 1 aliphatic carbocycles. The number of hydrogen-bond donors (Lipinski definition) is 1. The van der Waals surface area contributed by atoms with Crippen LogP contribution < -0.4 is 5.32 Å². The van der Waals surface area contributed by atoms with Crippen LogP contribution in [-0.2, 0) is 13.6 Å². The highest BCUT2D eigenvalue weighted by molar-refractivity contribution is 5.34. The fraction of sp³-hybridized carbons (Fsp3) is 0.667. The number of alkyl halides is 3. The molecule has 2 atom stereocenters. The van der Waals surface area contributed by atoms with Gasteiger partial charge in [0, 0.05) is 25.3 Å². The lowest BCUT2D eigenvalue weighted by Gasteiger charge is -2.33. The maximum atomic E-state index is 13.0. The fourth-order valence-corrected chi connectivity index (χ4v) is 3.06. The summed E-state index contributed by atoms with van der Waals surface area (Å²) >= 11 is 0. The lowest BCUT2D eigenvalue weighted by molar-refractivity contribution is -0.189. The van der Waals surface area contributed by atoms with Crippen LogP contribution in [0.4, 0.5) is 13.2 Å². The summed E-state index contributed by atoms with van der Waals surface area (Å²) in [5.74, 6) is -1.26. The van der Waals surface area contributed by atoms with Gasteiger partial charge < -0.3 is 9.88 Å². The average Bonchev–Trinajstić information content (AvgIpc) is 2.72. The molecule has 1 saturated carbocycles. The first-order valence-electron chi connectivity index (χ1n) is 7.20. The highest BCUT2D eigenvalue weighted by atomic mass is 19.4. The molecule has 1 aliphatic rings. The number of aromatic nitrogens is 1. The third-order valence-electron chi connectivity index (χ3n) is 4.50. The van der Waals surface area contributed by atoms with E-state index < -0.39 is 18.1 Å². The summed E-state index contributed by atoms with van der Waals surface area (Å²) < 4.78 is 40.9. The Kier molecular flexibility index (Phi) is 4.62. The van der Waals surface area contributed by atoms with Crippen LogP contribution in [0.2, 0.25) is 0 Å². The number of halogens is 3. The number of rotatable bonds is 3. The first-order chi connectivity index (χ1) is 9.84. The van der Waals surface area contributed by atoms with Gasteiger partial charge in [-0.05, 0) is 31.4 Å². The molecule has 0 unspecified atom stereocenters. The van der Waals surface area contributed by atoms with Crippen molar-refractivity contribution < 1.29 is 13.2 Å². The first kappa shape index (κ1) is 15.9. The van der Waals surface area contributed by atoms with Crippen LogP contribution in [0, 0.1) is 24.2 Å². The molecule has 3 nitrogen and oxygen atoms in total. The normalized spacial score (nSPS) is 23.0. The van der Waals surface area contributed by atoms with Gasteiger partial charge in [-0.1, -0.05) is 12.8 Å². The van der Waals surface area contributed by atoms with Crippen molar-refractivity contribution in [2.45, 2.75) is 51.4 Å². The molecule has 6 heteroatoms. The highest BCUT2D eigenvalue weighted by Gasteiger charge is 2.45. The van der Waals surface area contributed by atoms with Crippen LogP contribution in [-0.4, -0.2) is 16.8 Å². The van der Waals surface area contributed by atoms with E-state index in [1.54, 1.807) is 17.7 Å². The third-order valence-corrected chi connectivity index (χ3v) is 4.50. The molecule has 0 amide bonds. The molecule has 1 aromatic heterocycles. The Labute approximate surface area is 122 Å². The van der Waals surface area contributed by atoms with Gasteiger partial charge >= 0.3 is 6.18 Å². The summed E-state index contributed by atoms with van der Waals surface area (Å²) in [6.45, 7) is 2.25.